The summed E-state index contributed by atoms with van der Waals surface area (Å²) in [6, 6.07) is 36.0. The van der Waals surface area contributed by atoms with Gasteiger partial charge >= 0.3 is 21.1 Å². The average molecular weight is 689 g/mol. The third-order valence-corrected chi connectivity index (χ3v) is 7.57. The van der Waals surface area contributed by atoms with Gasteiger partial charge in [0.1, 0.15) is 5.82 Å². The van der Waals surface area contributed by atoms with Gasteiger partial charge in [0.2, 0.25) is 5.88 Å². The van der Waals surface area contributed by atoms with Gasteiger partial charge in [-0.05, 0) is 59.5 Å². The number of pyridine rings is 2. The molecule has 39 heavy (non-hydrogen) atoms. The third kappa shape index (κ3) is 5.02. The normalized spacial score (nSPS) is 13.8. The quantitative estimate of drug-likeness (QED) is 0.170. The Morgan fingerprint density at radius 1 is 0.718 bits per heavy atom. The first-order valence-electron chi connectivity index (χ1n) is 13.4. The van der Waals surface area contributed by atoms with Crippen molar-refractivity contribution in [3.8, 4) is 28.6 Å². The smallest absolute Gasteiger partial charge is 0.460 e. The second-order valence-electron chi connectivity index (χ2n) is 9.97. The molecule has 1 fully saturated rings. The molecule has 0 saturated heterocycles. The van der Waals surface area contributed by atoms with Gasteiger partial charge in [0.25, 0.3) is 0 Å². The summed E-state index contributed by atoms with van der Waals surface area (Å²) in [7, 11) is 0. The first-order chi connectivity index (χ1) is 18.8. The van der Waals surface area contributed by atoms with Crippen molar-refractivity contribution in [2.75, 3.05) is 0 Å². The number of aromatic nitrogens is 3. The number of fused-ring (bicyclic) bond motifs is 3. The molecular weight excluding hydrogens is 661 g/mol. The van der Waals surface area contributed by atoms with Crippen LogP contribution in [0.5, 0.6) is 11.6 Å². The van der Waals surface area contributed by atoms with E-state index in [2.05, 4.69) is 70.2 Å². The molecule has 0 aliphatic heterocycles. The van der Waals surface area contributed by atoms with Gasteiger partial charge in [-0.15, -0.1) is 18.2 Å². The van der Waals surface area contributed by atoms with Crippen molar-refractivity contribution in [1.29, 1.82) is 0 Å². The van der Waals surface area contributed by atoms with E-state index < -0.39 is 0 Å². The van der Waals surface area contributed by atoms with E-state index in [-0.39, 0.29) is 21.1 Å². The molecule has 7 rings (SSSR count). The molecule has 0 bridgehead atoms. The monoisotopic (exact) mass is 688 g/mol. The molecule has 3 aromatic carbocycles. The van der Waals surface area contributed by atoms with Crippen LogP contribution >= 0.6 is 0 Å². The summed E-state index contributed by atoms with van der Waals surface area (Å²) < 4.78 is 8.20. The van der Waals surface area contributed by atoms with Crippen molar-refractivity contribution in [3.63, 3.8) is 0 Å². The molecule has 0 spiro atoms. The Labute approximate surface area is 243 Å². The van der Waals surface area contributed by atoms with Crippen LogP contribution in [0.15, 0.2) is 97.3 Å². The van der Waals surface area contributed by atoms with E-state index in [9.17, 15) is 0 Å². The zero-order valence-electron chi connectivity index (χ0n) is 21.4. The van der Waals surface area contributed by atoms with Gasteiger partial charge in [-0.3, -0.25) is 0 Å². The molecule has 0 radical (unpaired) electrons. The molecule has 1 saturated carbocycles. The minimum absolute atomic E-state index is 0. The van der Waals surface area contributed by atoms with Crippen LogP contribution in [0.3, 0.4) is 0 Å². The van der Waals surface area contributed by atoms with Crippen LogP contribution in [0.4, 0.5) is 0 Å². The SMILES string of the molecule is [Pt+2].[c-]1c(Oc2ccccn2)cccc1-c1[c-]c2c(cc1)c1ccccc1n2-c1cc(C2CCCCC2)ccn1. The van der Waals surface area contributed by atoms with Crippen molar-refractivity contribution in [3.05, 3.63) is 115 Å². The number of nitrogens with zero attached hydrogens (tertiary/aromatic N) is 3. The van der Waals surface area contributed by atoms with E-state index in [1.54, 1.807) is 6.20 Å². The van der Waals surface area contributed by atoms with Gasteiger partial charge < -0.3 is 9.30 Å². The maximum atomic E-state index is 5.94. The fourth-order valence-corrected chi connectivity index (χ4v) is 5.72. The fourth-order valence-electron chi connectivity index (χ4n) is 5.72. The number of ether oxygens (including phenoxy) is 1. The van der Waals surface area contributed by atoms with Crippen molar-refractivity contribution < 1.29 is 25.8 Å². The summed E-state index contributed by atoms with van der Waals surface area (Å²) in [6.07, 6.45) is 10.2. The molecule has 0 N–H and O–H groups in total. The average Bonchev–Trinajstić information content (AvgIpc) is 3.32. The predicted octanol–water partition coefficient (Wildman–Crippen LogP) is 8.68. The molecule has 194 valence electrons. The third-order valence-electron chi connectivity index (χ3n) is 7.57. The predicted molar refractivity (Wildman–Crippen MR) is 152 cm³/mol. The molecule has 0 amide bonds. The summed E-state index contributed by atoms with van der Waals surface area (Å²) in [5.41, 5.74) is 5.42. The van der Waals surface area contributed by atoms with Crippen LogP contribution in [0, 0.1) is 12.1 Å². The fraction of sp³-hybridized carbons (Fsp3) is 0.176. The Kier molecular flexibility index (Phi) is 7.30. The maximum absolute atomic E-state index is 5.94. The molecular formula is C34H27N3OPt. The topological polar surface area (TPSA) is 39.9 Å². The summed E-state index contributed by atoms with van der Waals surface area (Å²) >= 11 is 0. The van der Waals surface area contributed by atoms with Gasteiger partial charge in [0.05, 0.1) is 0 Å². The standard InChI is InChI=1S/C34H27N3O.Pt/c1-2-9-24(10-3-1)27-18-20-35-33(23-27)37-31-14-5-4-13-29(31)30-17-16-26(22-32(30)37)25-11-8-12-28(21-25)38-34-15-6-7-19-36-34;/h4-8,11-20,23-24H,1-3,9-10H2;/q-2;+2. The van der Waals surface area contributed by atoms with E-state index in [0.717, 1.165) is 33.4 Å². The van der Waals surface area contributed by atoms with E-state index in [1.807, 2.05) is 42.6 Å². The summed E-state index contributed by atoms with van der Waals surface area (Å²) in [5, 5.41) is 2.36. The van der Waals surface area contributed by atoms with Crippen molar-refractivity contribution in [1.82, 2.24) is 14.5 Å². The Morgan fingerprint density at radius 3 is 2.44 bits per heavy atom. The largest absolute Gasteiger partial charge is 2.00 e. The van der Waals surface area contributed by atoms with E-state index in [0.29, 0.717) is 17.5 Å². The van der Waals surface area contributed by atoms with Gasteiger partial charge in [-0.1, -0.05) is 48.9 Å². The molecule has 0 atom stereocenters. The van der Waals surface area contributed by atoms with Gasteiger partial charge in [0, 0.05) is 29.7 Å². The Morgan fingerprint density at radius 2 is 1.56 bits per heavy atom. The van der Waals surface area contributed by atoms with Crippen LogP contribution in [0.25, 0.3) is 38.8 Å². The minimum Gasteiger partial charge on any atom is -0.460 e. The number of benzene rings is 3. The maximum Gasteiger partial charge on any atom is 2.00 e. The van der Waals surface area contributed by atoms with Crippen LogP contribution in [-0.2, 0) is 21.1 Å². The number of hydrogen-bond acceptors (Lipinski definition) is 3. The zero-order chi connectivity index (χ0) is 25.3. The van der Waals surface area contributed by atoms with Crippen LogP contribution in [0.1, 0.15) is 43.6 Å². The summed E-state index contributed by atoms with van der Waals surface area (Å²) in [6.45, 7) is 0. The molecule has 6 aromatic rings. The second-order valence-corrected chi connectivity index (χ2v) is 9.97. The van der Waals surface area contributed by atoms with Crippen molar-refractivity contribution >= 4 is 21.8 Å². The van der Waals surface area contributed by atoms with Crippen LogP contribution < -0.4 is 4.74 Å². The summed E-state index contributed by atoms with van der Waals surface area (Å²) in [4.78, 5) is 9.12. The van der Waals surface area contributed by atoms with Crippen LogP contribution in [-0.4, -0.2) is 14.5 Å². The Balaban J connectivity index is 0.00000277. The zero-order valence-corrected chi connectivity index (χ0v) is 23.7. The second kappa shape index (κ2) is 11.2. The molecule has 1 aliphatic carbocycles. The molecule has 3 aromatic heterocycles. The van der Waals surface area contributed by atoms with Crippen LogP contribution in [0.2, 0.25) is 0 Å². The molecule has 1 aliphatic rings. The minimum atomic E-state index is 0. The molecule has 4 nitrogen and oxygen atoms in total. The van der Waals surface area contributed by atoms with Gasteiger partial charge in [0.15, 0.2) is 0 Å². The number of hydrogen-bond donors (Lipinski definition) is 0. The number of rotatable bonds is 5. The van der Waals surface area contributed by atoms with E-state index in [4.69, 9.17) is 9.72 Å². The molecule has 3 heterocycles. The van der Waals surface area contributed by atoms with Crippen molar-refractivity contribution in [2.45, 2.75) is 38.0 Å². The Bertz CT molecular complexity index is 1740. The molecule has 0 unspecified atom stereocenters. The van der Waals surface area contributed by atoms with Gasteiger partial charge in [-0.2, -0.15) is 24.3 Å². The van der Waals surface area contributed by atoms with E-state index in [1.165, 1.54) is 43.1 Å². The first-order valence-corrected chi connectivity index (χ1v) is 13.4. The first kappa shape index (κ1) is 25.5. The molecule has 5 heteroatoms. The van der Waals surface area contributed by atoms with Crippen molar-refractivity contribution in [2.24, 2.45) is 0 Å². The van der Waals surface area contributed by atoms with E-state index >= 15 is 0 Å². The van der Waals surface area contributed by atoms with Gasteiger partial charge in [-0.25, -0.2) is 21.1 Å². The Hall–Kier alpha value is -3.75. The number of para-hydroxylation sites is 1. The summed E-state index contributed by atoms with van der Waals surface area (Å²) in [5.74, 6) is 2.74.